The number of benzene rings is 3. The number of hydrogen-bond acceptors (Lipinski definition) is 5. The number of carboxylic acid groups (broad SMARTS) is 1. The van der Waals surface area contributed by atoms with Crippen molar-refractivity contribution in [2.75, 3.05) is 18.1 Å². The van der Waals surface area contributed by atoms with Crippen molar-refractivity contribution in [3.05, 3.63) is 99.1 Å². The van der Waals surface area contributed by atoms with Gasteiger partial charge in [0.15, 0.2) is 0 Å². The number of aliphatic hydroxyl groups excluding tert-OH is 1. The molecule has 8 nitrogen and oxygen atoms in total. The number of carbonyl (C=O) groups is 3. The van der Waals surface area contributed by atoms with Crippen LogP contribution in [-0.4, -0.2) is 47.3 Å². The number of aliphatic hydroxyl groups is 1. The summed E-state index contributed by atoms with van der Waals surface area (Å²) in [7, 11) is 0. The molecule has 0 saturated carbocycles. The minimum atomic E-state index is -1.12. The van der Waals surface area contributed by atoms with Crippen molar-refractivity contribution in [3.63, 3.8) is 0 Å². The quantitative estimate of drug-likeness (QED) is 0.274. The first kappa shape index (κ1) is 34.2. The molecule has 1 radical (unpaired) electrons. The molecule has 0 spiro atoms. The molecule has 2 amide bonds. The molecule has 219 valence electrons. The van der Waals surface area contributed by atoms with Gasteiger partial charge in [-0.05, 0) is 66.4 Å². The van der Waals surface area contributed by atoms with E-state index in [1.54, 1.807) is 35.2 Å². The second-order valence-corrected chi connectivity index (χ2v) is 11.7. The van der Waals surface area contributed by atoms with Crippen molar-refractivity contribution in [3.8, 4) is 0 Å². The van der Waals surface area contributed by atoms with Gasteiger partial charge in [0.1, 0.15) is 12.2 Å². The Hall–Kier alpha value is -2.28. The molecular weight excluding hydrogens is 771 g/mol. The normalized spacial score (nSPS) is 16.7. The van der Waals surface area contributed by atoms with Crippen LogP contribution in [0.5, 0.6) is 0 Å². The Morgan fingerprint density at radius 3 is 2.38 bits per heavy atom. The van der Waals surface area contributed by atoms with E-state index in [4.69, 9.17) is 21.4 Å². The Labute approximate surface area is 287 Å². The molecule has 0 aromatic heterocycles. The molecule has 2 atom stereocenters. The molecule has 3 N–H and O–H groups in total. The number of ether oxygens (including phenoxy) is 1. The molecule has 0 aliphatic carbocycles. The first-order chi connectivity index (χ1) is 19.4. The first-order valence-electron chi connectivity index (χ1n) is 13.4. The van der Waals surface area contributed by atoms with Gasteiger partial charge in [-0.25, -0.2) is 4.79 Å². The van der Waals surface area contributed by atoms with Crippen LogP contribution in [0.15, 0.2) is 60.7 Å². The summed E-state index contributed by atoms with van der Waals surface area (Å²) in [6, 6.07) is 17.4. The van der Waals surface area contributed by atoms with E-state index in [9.17, 15) is 19.5 Å². The zero-order chi connectivity index (χ0) is 29.9. The summed E-state index contributed by atoms with van der Waals surface area (Å²) in [4.78, 5) is 39.9. The number of hydrogen-bond donors (Lipinski definition) is 3. The van der Waals surface area contributed by atoms with E-state index >= 15 is 0 Å². The van der Waals surface area contributed by atoms with Crippen molar-refractivity contribution >= 4 is 35.1 Å². The van der Waals surface area contributed by atoms with Crippen LogP contribution in [0.3, 0.4) is 0 Å². The maximum Gasteiger partial charge on any atom is 0.335 e. The predicted molar refractivity (Wildman–Crippen MR) is 157 cm³/mol. The summed E-state index contributed by atoms with van der Waals surface area (Å²) in [5.41, 5.74) is 4.51. The van der Waals surface area contributed by atoms with Crippen LogP contribution in [0.25, 0.3) is 0 Å². The number of aromatic carboxylic acids is 1. The van der Waals surface area contributed by atoms with Crippen LogP contribution < -0.4 is 10.2 Å². The van der Waals surface area contributed by atoms with Crippen LogP contribution >= 0.6 is 11.6 Å². The average Bonchev–Trinajstić information content (AvgIpc) is 3.04. The Kier molecular flexibility index (Phi) is 11.8. The topological polar surface area (TPSA) is 116 Å². The molecule has 42 heavy (non-hydrogen) atoms. The van der Waals surface area contributed by atoms with Gasteiger partial charge in [0.2, 0.25) is 5.91 Å². The molecule has 3 aromatic rings. The number of anilines is 1. The standard InChI is InChI=1S/C32H35ClN2O6.Ac/c1-19-6-5-7-24(20(19)2)29-25-14-23(33)12-13-26(25)35(17-32(3,4)18-36)30(38)27(41-29)15-28(37)34-16-21-8-10-22(11-9-21)31(39)40;/h5-14,27,29,36H,15-18H2,1-4H3,(H,34,37)(H,39,40);/t27-,29-;/m1./s1. The minimum Gasteiger partial charge on any atom is -0.478 e. The van der Waals surface area contributed by atoms with Crippen molar-refractivity contribution in [1.29, 1.82) is 0 Å². The van der Waals surface area contributed by atoms with Crippen molar-refractivity contribution in [2.45, 2.75) is 52.9 Å². The van der Waals surface area contributed by atoms with Crippen LogP contribution in [0.1, 0.15) is 64.5 Å². The summed E-state index contributed by atoms with van der Waals surface area (Å²) in [5, 5.41) is 22.4. The molecule has 4 rings (SSSR count). The Morgan fingerprint density at radius 2 is 1.74 bits per heavy atom. The average molecular weight is 806 g/mol. The van der Waals surface area contributed by atoms with Gasteiger partial charge in [-0.1, -0.05) is 55.8 Å². The van der Waals surface area contributed by atoms with Crippen molar-refractivity contribution in [2.24, 2.45) is 5.41 Å². The Morgan fingerprint density at radius 1 is 1.05 bits per heavy atom. The number of aryl methyl sites for hydroxylation is 1. The summed E-state index contributed by atoms with van der Waals surface area (Å²) in [6.45, 7) is 7.94. The van der Waals surface area contributed by atoms with E-state index in [-0.39, 0.29) is 81.7 Å². The van der Waals surface area contributed by atoms with Crippen LogP contribution in [0.2, 0.25) is 5.02 Å². The molecule has 10 heteroatoms. The smallest absolute Gasteiger partial charge is 0.335 e. The van der Waals surface area contributed by atoms with Crippen LogP contribution in [0, 0.1) is 63.3 Å². The van der Waals surface area contributed by atoms with Crippen LogP contribution in [0.4, 0.5) is 5.69 Å². The van der Waals surface area contributed by atoms with Gasteiger partial charge in [0.05, 0.1) is 12.0 Å². The second-order valence-electron chi connectivity index (χ2n) is 11.2. The molecular formula is C32H35AcClN2O6. The van der Waals surface area contributed by atoms with Gasteiger partial charge in [0, 0.05) is 85.4 Å². The summed E-state index contributed by atoms with van der Waals surface area (Å²) < 4.78 is 6.53. The fourth-order valence-corrected chi connectivity index (χ4v) is 5.03. The maximum atomic E-state index is 14.1. The Balaban J connectivity index is 0.00000484. The van der Waals surface area contributed by atoms with Crippen molar-refractivity contribution < 1.29 is 73.4 Å². The number of rotatable bonds is 9. The van der Waals surface area contributed by atoms with Crippen molar-refractivity contribution in [1.82, 2.24) is 5.32 Å². The van der Waals surface area contributed by atoms with E-state index in [0.717, 1.165) is 22.3 Å². The largest absolute Gasteiger partial charge is 0.478 e. The number of fused-ring (bicyclic) bond motifs is 1. The van der Waals surface area contributed by atoms with E-state index in [2.05, 4.69) is 5.32 Å². The maximum absolute atomic E-state index is 14.1. The third-order valence-corrected chi connectivity index (χ3v) is 7.64. The summed E-state index contributed by atoms with van der Waals surface area (Å²) >= 11 is 6.45. The molecule has 0 saturated heterocycles. The SMILES string of the molecule is Cc1cccc([C@H]2O[C@H](CC(=O)NCc3ccc(C(=O)O)cc3)C(=O)N(CC(C)(C)CO)c3ccc(Cl)cc32)c1C.[Ac]. The zero-order valence-electron chi connectivity index (χ0n) is 24.2. The second kappa shape index (κ2) is 14.5. The molecule has 1 aliphatic rings. The van der Waals surface area contributed by atoms with Gasteiger partial charge >= 0.3 is 5.97 Å². The van der Waals surface area contributed by atoms with Gasteiger partial charge in [0.25, 0.3) is 5.91 Å². The van der Waals surface area contributed by atoms with Gasteiger partial charge in [-0.3, -0.25) is 9.59 Å². The monoisotopic (exact) mass is 805 g/mol. The summed E-state index contributed by atoms with van der Waals surface area (Å²) in [5.74, 6) is -1.81. The van der Waals surface area contributed by atoms with E-state index in [0.29, 0.717) is 16.3 Å². The van der Waals surface area contributed by atoms with E-state index < -0.39 is 29.5 Å². The zero-order valence-corrected chi connectivity index (χ0v) is 29.7. The fourth-order valence-electron chi connectivity index (χ4n) is 4.85. The fraction of sp³-hybridized carbons (Fsp3) is 0.344. The Bertz CT molecular complexity index is 1460. The molecule has 1 heterocycles. The number of carboxylic acids is 1. The number of halogens is 1. The number of amides is 2. The van der Waals surface area contributed by atoms with Gasteiger partial charge in [-0.2, -0.15) is 0 Å². The van der Waals surface area contributed by atoms with E-state index in [1.807, 2.05) is 45.9 Å². The predicted octanol–water partition coefficient (Wildman–Crippen LogP) is 5.20. The summed E-state index contributed by atoms with van der Waals surface area (Å²) in [6.07, 6.45) is -2.02. The first-order valence-corrected chi connectivity index (χ1v) is 13.8. The number of carbonyl (C=O) groups excluding carboxylic acids is 2. The third-order valence-electron chi connectivity index (χ3n) is 7.41. The van der Waals surface area contributed by atoms with Crippen LogP contribution in [-0.2, 0) is 20.9 Å². The van der Waals surface area contributed by atoms with Gasteiger partial charge < -0.3 is 25.2 Å². The molecule has 0 unspecified atom stereocenters. The third kappa shape index (κ3) is 8.00. The van der Waals surface area contributed by atoms with E-state index in [1.165, 1.54) is 12.1 Å². The molecule has 1 aliphatic heterocycles. The number of nitrogens with zero attached hydrogens (tertiary/aromatic N) is 1. The molecule has 0 bridgehead atoms. The number of nitrogens with one attached hydrogen (secondary N) is 1. The minimum absolute atomic E-state index is 0. The van der Waals surface area contributed by atoms with Gasteiger partial charge in [-0.15, -0.1) is 0 Å². The molecule has 3 aromatic carbocycles. The molecule has 0 fully saturated rings.